The number of sulfonamides is 1. The van der Waals surface area contributed by atoms with E-state index in [1.54, 1.807) is 23.5 Å². The second kappa shape index (κ2) is 10.6. The third kappa shape index (κ3) is 5.69. The summed E-state index contributed by atoms with van der Waals surface area (Å²) < 4.78 is 27.3. The molecule has 0 saturated carbocycles. The Morgan fingerprint density at radius 1 is 1.09 bits per heavy atom. The van der Waals surface area contributed by atoms with E-state index < -0.39 is 10.0 Å². The molecule has 0 spiro atoms. The molecule has 1 amide bonds. The largest absolute Gasteiger partial charge is 0.355 e. The highest BCUT2D eigenvalue weighted by molar-refractivity contribution is 7.89. The van der Waals surface area contributed by atoms with Crippen LogP contribution >= 0.6 is 11.3 Å². The van der Waals surface area contributed by atoms with Crippen LogP contribution in [-0.2, 0) is 27.7 Å². The molecular weight excluding hydrogens is 454 g/mol. The van der Waals surface area contributed by atoms with Crippen molar-refractivity contribution in [2.24, 2.45) is 5.92 Å². The van der Waals surface area contributed by atoms with Crippen LogP contribution in [0.4, 0.5) is 0 Å². The Bertz CT molecular complexity index is 1170. The number of carbonyl (C=O) groups is 1. The summed E-state index contributed by atoms with van der Waals surface area (Å²) in [6.45, 7) is 3.29. The summed E-state index contributed by atoms with van der Waals surface area (Å²) >= 11 is 1.61. The molecular formula is C25H29N3O3S2. The molecule has 8 heteroatoms. The number of aryl methyl sites for hydroxylation is 1. The molecule has 1 aliphatic heterocycles. The van der Waals surface area contributed by atoms with E-state index in [2.05, 4.69) is 10.3 Å². The number of benzene rings is 2. The Balaban J connectivity index is 1.24. The van der Waals surface area contributed by atoms with Crippen LogP contribution in [0.2, 0.25) is 0 Å². The number of aromatic nitrogens is 1. The molecule has 1 aliphatic rings. The van der Waals surface area contributed by atoms with Crippen LogP contribution in [0.3, 0.4) is 0 Å². The summed E-state index contributed by atoms with van der Waals surface area (Å²) in [6.07, 6.45) is 2.62. The van der Waals surface area contributed by atoms with Crippen molar-refractivity contribution in [3.05, 3.63) is 71.2 Å². The van der Waals surface area contributed by atoms with Crippen molar-refractivity contribution in [1.82, 2.24) is 14.6 Å². The van der Waals surface area contributed by atoms with Crippen LogP contribution in [0.5, 0.6) is 0 Å². The van der Waals surface area contributed by atoms with Gasteiger partial charge in [0.1, 0.15) is 5.01 Å². The fraction of sp³-hybridized carbons (Fsp3) is 0.360. The lowest BCUT2D eigenvalue weighted by atomic mass is 9.97. The molecule has 174 valence electrons. The molecule has 1 N–H and O–H groups in total. The number of rotatable bonds is 8. The number of hydrogen-bond acceptors (Lipinski definition) is 5. The fourth-order valence-corrected chi connectivity index (χ4v) is 6.33. The molecule has 33 heavy (non-hydrogen) atoms. The van der Waals surface area contributed by atoms with Gasteiger partial charge < -0.3 is 5.32 Å². The quantitative estimate of drug-likeness (QED) is 0.522. The van der Waals surface area contributed by atoms with Gasteiger partial charge in [-0.1, -0.05) is 49.4 Å². The lowest BCUT2D eigenvalue weighted by Gasteiger charge is -2.30. The molecule has 0 atom stereocenters. The van der Waals surface area contributed by atoms with Crippen molar-refractivity contribution in [2.45, 2.75) is 37.5 Å². The number of nitrogens with zero attached hydrogens (tertiary/aromatic N) is 2. The summed E-state index contributed by atoms with van der Waals surface area (Å²) in [5, 5.41) is 6.02. The van der Waals surface area contributed by atoms with Crippen molar-refractivity contribution < 1.29 is 13.2 Å². The maximum absolute atomic E-state index is 12.9. The van der Waals surface area contributed by atoms with Gasteiger partial charge in [0.2, 0.25) is 15.9 Å². The van der Waals surface area contributed by atoms with Crippen LogP contribution in [0.25, 0.3) is 10.6 Å². The third-order valence-electron chi connectivity index (χ3n) is 6.05. The molecule has 1 aromatic heterocycles. The van der Waals surface area contributed by atoms with Crippen molar-refractivity contribution in [3.8, 4) is 10.6 Å². The Morgan fingerprint density at radius 2 is 1.79 bits per heavy atom. The normalized spacial score (nSPS) is 15.4. The number of hydrogen-bond donors (Lipinski definition) is 1. The first kappa shape index (κ1) is 23.6. The summed E-state index contributed by atoms with van der Waals surface area (Å²) in [7, 11) is -3.52. The van der Waals surface area contributed by atoms with Gasteiger partial charge in [-0.3, -0.25) is 4.79 Å². The Hall–Kier alpha value is -2.55. The van der Waals surface area contributed by atoms with Crippen LogP contribution in [0, 0.1) is 5.92 Å². The predicted molar refractivity (Wildman–Crippen MR) is 132 cm³/mol. The Kier molecular flexibility index (Phi) is 7.57. The molecule has 3 aromatic rings. The smallest absolute Gasteiger partial charge is 0.243 e. The van der Waals surface area contributed by atoms with E-state index in [-0.39, 0.29) is 11.8 Å². The molecule has 1 saturated heterocycles. The van der Waals surface area contributed by atoms with Crippen LogP contribution in [-0.4, -0.2) is 43.2 Å². The van der Waals surface area contributed by atoms with Gasteiger partial charge in [0.05, 0.1) is 10.6 Å². The SMILES string of the molecule is CCc1ccc(S(=O)(=O)N2CCC(C(=O)NCCc3csc(-c4ccccc4)n3)CC2)cc1. The predicted octanol–water partition coefficient (Wildman–Crippen LogP) is 4.13. The van der Waals surface area contributed by atoms with E-state index in [1.165, 1.54) is 4.31 Å². The number of thiazole rings is 1. The molecule has 1 fully saturated rings. The summed E-state index contributed by atoms with van der Waals surface area (Å²) in [5.74, 6) is -0.160. The molecule has 2 aromatic carbocycles. The Labute approximate surface area is 199 Å². The van der Waals surface area contributed by atoms with E-state index in [4.69, 9.17) is 0 Å². The van der Waals surface area contributed by atoms with Crippen molar-refractivity contribution >= 4 is 27.3 Å². The van der Waals surface area contributed by atoms with E-state index in [0.29, 0.717) is 43.8 Å². The third-order valence-corrected chi connectivity index (χ3v) is 8.90. The molecule has 6 nitrogen and oxygen atoms in total. The minimum atomic E-state index is -3.52. The van der Waals surface area contributed by atoms with Crippen molar-refractivity contribution in [3.63, 3.8) is 0 Å². The van der Waals surface area contributed by atoms with Gasteiger partial charge in [0.15, 0.2) is 0 Å². The van der Waals surface area contributed by atoms with Gasteiger partial charge in [0.25, 0.3) is 0 Å². The lowest BCUT2D eigenvalue weighted by molar-refractivity contribution is -0.126. The number of amides is 1. The monoisotopic (exact) mass is 483 g/mol. The van der Waals surface area contributed by atoms with Gasteiger partial charge in [-0.2, -0.15) is 4.31 Å². The van der Waals surface area contributed by atoms with Crippen LogP contribution in [0.15, 0.2) is 64.9 Å². The van der Waals surface area contributed by atoms with Crippen LogP contribution in [0.1, 0.15) is 31.0 Å². The average molecular weight is 484 g/mol. The van der Waals surface area contributed by atoms with Gasteiger partial charge in [-0.05, 0) is 37.0 Å². The fourth-order valence-electron chi connectivity index (χ4n) is 4.00. The molecule has 2 heterocycles. The second-order valence-corrected chi connectivity index (χ2v) is 11.0. The highest BCUT2D eigenvalue weighted by atomic mass is 32.2. The van der Waals surface area contributed by atoms with E-state index >= 15 is 0 Å². The maximum atomic E-state index is 12.9. The van der Waals surface area contributed by atoms with Gasteiger partial charge in [0, 0.05) is 42.9 Å². The van der Waals surface area contributed by atoms with E-state index in [1.807, 2.05) is 54.8 Å². The molecule has 0 unspecified atom stereocenters. The minimum Gasteiger partial charge on any atom is -0.355 e. The van der Waals surface area contributed by atoms with Gasteiger partial charge in [-0.25, -0.2) is 13.4 Å². The molecule has 4 rings (SSSR count). The zero-order valence-electron chi connectivity index (χ0n) is 18.7. The second-order valence-electron chi connectivity index (χ2n) is 8.23. The van der Waals surface area contributed by atoms with Crippen LogP contribution < -0.4 is 5.32 Å². The zero-order valence-corrected chi connectivity index (χ0v) is 20.4. The first-order chi connectivity index (χ1) is 16.0. The van der Waals surface area contributed by atoms with Gasteiger partial charge >= 0.3 is 0 Å². The van der Waals surface area contributed by atoms with Gasteiger partial charge in [-0.15, -0.1) is 11.3 Å². The average Bonchev–Trinajstić information content (AvgIpc) is 3.33. The molecule has 0 aliphatic carbocycles. The first-order valence-electron chi connectivity index (χ1n) is 11.3. The van der Waals surface area contributed by atoms with Crippen molar-refractivity contribution in [2.75, 3.05) is 19.6 Å². The highest BCUT2D eigenvalue weighted by Gasteiger charge is 2.32. The first-order valence-corrected chi connectivity index (χ1v) is 13.7. The lowest BCUT2D eigenvalue weighted by Crippen LogP contribution is -2.43. The molecule has 0 radical (unpaired) electrons. The van der Waals surface area contributed by atoms with E-state index in [9.17, 15) is 13.2 Å². The minimum absolute atomic E-state index is 0.00198. The number of piperidine rings is 1. The highest BCUT2D eigenvalue weighted by Crippen LogP contribution is 2.25. The zero-order chi connectivity index (χ0) is 23.3. The Morgan fingerprint density at radius 3 is 2.45 bits per heavy atom. The summed E-state index contributed by atoms with van der Waals surface area (Å²) in [4.78, 5) is 17.6. The maximum Gasteiger partial charge on any atom is 0.243 e. The van der Waals surface area contributed by atoms with Crippen molar-refractivity contribution in [1.29, 1.82) is 0 Å². The number of nitrogens with one attached hydrogen (secondary N) is 1. The topological polar surface area (TPSA) is 79.4 Å². The number of carbonyl (C=O) groups excluding carboxylic acids is 1. The summed E-state index contributed by atoms with van der Waals surface area (Å²) in [6, 6.07) is 17.1. The van der Waals surface area contributed by atoms with E-state index in [0.717, 1.165) is 28.2 Å². The summed E-state index contributed by atoms with van der Waals surface area (Å²) in [5.41, 5.74) is 3.17. The standard InChI is InChI=1S/C25H29N3O3S2/c1-2-19-8-10-23(11-9-19)33(30,31)28-16-13-20(14-17-28)24(29)26-15-12-22-18-32-25(27-22)21-6-4-3-5-7-21/h3-11,18,20H,2,12-17H2,1H3,(H,26,29). The molecule has 0 bridgehead atoms.